The zero-order valence-corrected chi connectivity index (χ0v) is 12.6. The summed E-state index contributed by atoms with van der Waals surface area (Å²) in [5.41, 5.74) is 0. The van der Waals surface area contributed by atoms with Crippen LogP contribution < -0.4 is 5.32 Å². The summed E-state index contributed by atoms with van der Waals surface area (Å²) in [7, 11) is 0. The Morgan fingerprint density at radius 3 is 2.84 bits per heavy atom. The molecule has 0 aromatic heterocycles. The van der Waals surface area contributed by atoms with E-state index in [4.69, 9.17) is 4.74 Å². The van der Waals surface area contributed by atoms with E-state index in [1.807, 2.05) is 6.92 Å². The molecule has 1 atom stereocenters. The van der Waals surface area contributed by atoms with E-state index in [1.165, 1.54) is 26.1 Å². The third-order valence-corrected chi connectivity index (χ3v) is 3.79. The monoisotopic (exact) mass is 270 g/mol. The van der Waals surface area contributed by atoms with Crippen molar-refractivity contribution in [3.8, 4) is 0 Å². The molecule has 0 radical (unpaired) electrons. The minimum Gasteiger partial charge on any atom is -0.466 e. The molecular weight excluding hydrogens is 240 g/mol. The largest absolute Gasteiger partial charge is 0.466 e. The SMILES string of the molecule is CCOC(=O)CCCCCNCC1CCN(CC)C1. The molecule has 0 aromatic carbocycles. The summed E-state index contributed by atoms with van der Waals surface area (Å²) >= 11 is 0. The average Bonchev–Trinajstić information content (AvgIpc) is 2.86. The zero-order chi connectivity index (χ0) is 13.9. The van der Waals surface area contributed by atoms with E-state index in [-0.39, 0.29) is 5.97 Å². The van der Waals surface area contributed by atoms with E-state index in [2.05, 4.69) is 17.1 Å². The molecule has 112 valence electrons. The van der Waals surface area contributed by atoms with Gasteiger partial charge in [0.05, 0.1) is 6.61 Å². The predicted octanol–water partition coefficient (Wildman–Crippen LogP) is 2.04. The van der Waals surface area contributed by atoms with E-state index >= 15 is 0 Å². The van der Waals surface area contributed by atoms with Crippen molar-refractivity contribution in [1.82, 2.24) is 10.2 Å². The minimum absolute atomic E-state index is 0.0546. The van der Waals surface area contributed by atoms with Crippen LogP contribution in [0.5, 0.6) is 0 Å². The van der Waals surface area contributed by atoms with Gasteiger partial charge in [-0.2, -0.15) is 0 Å². The number of likely N-dealkylation sites (tertiary alicyclic amines) is 1. The van der Waals surface area contributed by atoms with Crippen molar-refractivity contribution in [2.24, 2.45) is 5.92 Å². The normalized spacial score (nSPS) is 19.8. The number of esters is 1. The van der Waals surface area contributed by atoms with E-state index in [0.29, 0.717) is 13.0 Å². The molecule has 1 aliphatic heterocycles. The highest BCUT2D eigenvalue weighted by Gasteiger charge is 2.20. The minimum atomic E-state index is -0.0546. The van der Waals surface area contributed by atoms with Crippen LogP contribution in [0.15, 0.2) is 0 Å². The summed E-state index contributed by atoms with van der Waals surface area (Å²) in [5.74, 6) is 0.778. The zero-order valence-electron chi connectivity index (χ0n) is 12.6. The number of hydrogen-bond acceptors (Lipinski definition) is 4. The van der Waals surface area contributed by atoms with Gasteiger partial charge in [-0.3, -0.25) is 4.79 Å². The van der Waals surface area contributed by atoms with Crippen LogP contribution in [-0.2, 0) is 9.53 Å². The maximum absolute atomic E-state index is 11.1. The van der Waals surface area contributed by atoms with Crippen molar-refractivity contribution >= 4 is 5.97 Å². The highest BCUT2D eigenvalue weighted by molar-refractivity contribution is 5.69. The Balaban J connectivity index is 1.85. The number of hydrogen-bond donors (Lipinski definition) is 1. The first-order chi connectivity index (χ1) is 9.26. The van der Waals surface area contributed by atoms with Gasteiger partial charge in [-0.05, 0) is 58.3 Å². The predicted molar refractivity (Wildman–Crippen MR) is 78.2 cm³/mol. The fraction of sp³-hybridized carbons (Fsp3) is 0.933. The number of nitrogens with zero attached hydrogens (tertiary/aromatic N) is 1. The summed E-state index contributed by atoms with van der Waals surface area (Å²) in [6.07, 6.45) is 5.13. The van der Waals surface area contributed by atoms with Gasteiger partial charge in [0.15, 0.2) is 0 Å². The Hall–Kier alpha value is -0.610. The summed E-state index contributed by atoms with van der Waals surface area (Å²) in [6, 6.07) is 0. The molecule has 0 bridgehead atoms. The van der Waals surface area contributed by atoms with Gasteiger partial charge in [0.2, 0.25) is 0 Å². The first-order valence-corrected chi connectivity index (χ1v) is 7.85. The molecule has 1 N–H and O–H groups in total. The van der Waals surface area contributed by atoms with Crippen LogP contribution in [-0.4, -0.2) is 50.2 Å². The second-order valence-corrected chi connectivity index (χ2v) is 5.37. The molecule has 0 aliphatic carbocycles. The van der Waals surface area contributed by atoms with Crippen molar-refractivity contribution in [3.05, 3.63) is 0 Å². The molecule has 0 saturated carbocycles. The van der Waals surface area contributed by atoms with E-state index in [9.17, 15) is 4.79 Å². The third kappa shape index (κ3) is 7.53. The molecule has 1 aliphatic rings. The van der Waals surface area contributed by atoms with Crippen LogP contribution >= 0.6 is 0 Å². The lowest BCUT2D eigenvalue weighted by Crippen LogP contribution is -2.27. The van der Waals surface area contributed by atoms with Crippen molar-refractivity contribution in [1.29, 1.82) is 0 Å². The van der Waals surface area contributed by atoms with Gasteiger partial charge in [0.25, 0.3) is 0 Å². The van der Waals surface area contributed by atoms with Gasteiger partial charge in [0.1, 0.15) is 0 Å². The molecule has 4 nitrogen and oxygen atoms in total. The van der Waals surface area contributed by atoms with Crippen LogP contribution in [0.2, 0.25) is 0 Å². The average molecular weight is 270 g/mol. The number of carbonyl (C=O) groups excluding carboxylic acids is 1. The number of unbranched alkanes of at least 4 members (excludes halogenated alkanes) is 2. The van der Waals surface area contributed by atoms with Gasteiger partial charge in [-0.1, -0.05) is 13.3 Å². The fourth-order valence-corrected chi connectivity index (χ4v) is 2.60. The topological polar surface area (TPSA) is 41.6 Å². The second-order valence-electron chi connectivity index (χ2n) is 5.37. The second kappa shape index (κ2) is 10.2. The molecule has 0 spiro atoms. The molecule has 1 rings (SSSR count). The lowest BCUT2D eigenvalue weighted by molar-refractivity contribution is -0.143. The van der Waals surface area contributed by atoms with Crippen molar-refractivity contribution in [2.75, 3.05) is 39.3 Å². The number of carbonyl (C=O) groups is 1. The van der Waals surface area contributed by atoms with Crippen LogP contribution in [0.4, 0.5) is 0 Å². The van der Waals surface area contributed by atoms with Gasteiger partial charge in [-0.15, -0.1) is 0 Å². The van der Waals surface area contributed by atoms with E-state index < -0.39 is 0 Å². The molecule has 1 heterocycles. The first-order valence-electron chi connectivity index (χ1n) is 7.85. The fourth-order valence-electron chi connectivity index (χ4n) is 2.60. The van der Waals surface area contributed by atoms with Crippen molar-refractivity contribution < 1.29 is 9.53 Å². The molecule has 4 heteroatoms. The quantitative estimate of drug-likeness (QED) is 0.487. The lowest BCUT2D eigenvalue weighted by Gasteiger charge is -2.13. The maximum atomic E-state index is 11.1. The van der Waals surface area contributed by atoms with E-state index in [1.54, 1.807) is 0 Å². The van der Waals surface area contributed by atoms with Gasteiger partial charge in [-0.25, -0.2) is 0 Å². The van der Waals surface area contributed by atoms with Crippen LogP contribution in [0.3, 0.4) is 0 Å². The molecule has 1 fully saturated rings. The first kappa shape index (κ1) is 16.4. The highest BCUT2D eigenvalue weighted by atomic mass is 16.5. The molecule has 19 heavy (non-hydrogen) atoms. The Morgan fingerprint density at radius 2 is 2.16 bits per heavy atom. The summed E-state index contributed by atoms with van der Waals surface area (Å²) in [6.45, 7) is 10.5. The van der Waals surface area contributed by atoms with Gasteiger partial charge >= 0.3 is 5.97 Å². The van der Waals surface area contributed by atoms with Crippen LogP contribution in [0, 0.1) is 5.92 Å². The van der Waals surface area contributed by atoms with Crippen molar-refractivity contribution in [2.45, 2.75) is 46.0 Å². The Morgan fingerprint density at radius 1 is 1.32 bits per heavy atom. The van der Waals surface area contributed by atoms with Gasteiger partial charge < -0.3 is 15.0 Å². The standard InChI is InChI=1S/C15H30N2O2/c1-3-17-11-9-14(13-17)12-16-10-7-5-6-8-15(18)19-4-2/h14,16H,3-13H2,1-2H3. The van der Waals surface area contributed by atoms with Gasteiger partial charge in [0, 0.05) is 13.0 Å². The van der Waals surface area contributed by atoms with E-state index in [0.717, 1.165) is 38.3 Å². The summed E-state index contributed by atoms with van der Waals surface area (Å²) in [4.78, 5) is 13.6. The number of rotatable bonds is 10. The Kier molecular flexibility index (Phi) is 8.84. The molecular formula is C15H30N2O2. The maximum Gasteiger partial charge on any atom is 0.305 e. The van der Waals surface area contributed by atoms with Crippen molar-refractivity contribution in [3.63, 3.8) is 0 Å². The Bertz CT molecular complexity index is 246. The molecule has 1 saturated heterocycles. The third-order valence-electron chi connectivity index (χ3n) is 3.79. The Labute approximate surface area is 117 Å². The summed E-state index contributed by atoms with van der Waals surface area (Å²) < 4.78 is 4.90. The number of nitrogens with one attached hydrogen (secondary N) is 1. The summed E-state index contributed by atoms with van der Waals surface area (Å²) in [5, 5.41) is 3.54. The van der Waals surface area contributed by atoms with Crippen LogP contribution in [0.1, 0.15) is 46.0 Å². The van der Waals surface area contributed by atoms with Crippen LogP contribution in [0.25, 0.3) is 0 Å². The molecule has 0 amide bonds. The molecule has 1 unspecified atom stereocenters. The number of ether oxygens (including phenoxy) is 1. The lowest BCUT2D eigenvalue weighted by atomic mass is 10.1. The smallest absolute Gasteiger partial charge is 0.305 e. The molecule has 0 aromatic rings. The highest BCUT2D eigenvalue weighted by Crippen LogP contribution is 2.14.